The van der Waals surface area contributed by atoms with E-state index in [4.69, 9.17) is 18.9 Å². The molecule has 20 nitrogen and oxygen atoms in total. The summed E-state index contributed by atoms with van der Waals surface area (Å²) in [4.78, 5) is 139. The second-order valence-electron chi connectivity index (χ2n) is 16.7. The Bertz CT molecular complexity index is 2060. The van der Waals surface area contributed by atoms with Crippen molar-refractivity contribution in [3.63, 3.8) is 0 Å². The van der Waals surface area contributed by atoms with E-state index in [1.165, 1.54) is 48.5 Å². The third-order valence-corrected chi connectivity index (χ3v) is 10.8. The number of carbonyl (C=O) groups excluding carboxylic acids is 8. The van der Waals surface area contributed by atoms with E-state index in [1.54, 1.807) is 48.5 Å². The maximum atomic E-state index is 12.9. The predicted octanol–water partition coefficient (Wildman–Crippen LogP) is 11.0. The van der Waals surface area contributed by atoms with Crippen LogP contribution in [-0.4, -0.2) is 74.9 Å². The van der Waals surface area contributed by atoms with Crippen LogP contribution >= 0.6 is 0 Å². The van der Waals surface area contributed by atoms with Crippen LogP contribution in [0, 0.1) is 5.41 Å². The van der Waals surface area contributed by atoms with Crippen LogP contribution in [0.2, 0.25) is 0 Å². The molecule has 0 saturated heterocycles. The molecule has 0 spiro atoms. The van der Waals surface area contributed by atoms with Gasteiger partial charge in [-0.05, 0) is 122 Å². The monoisotopic (exact) mass is 1020 g/mol. The fourth-order valence-corrected chi connectivity index (χ4v) is 6.43. The van der Waals surface area contributed by atoms with Gasteiger partial charge < -0.3 is 18.9 Å². The van der Waals surface area contributed by atoms with Crippen LogP contribution in [0.25, 0.3) is 0 Å². The van der Waals surface area contributed by atoms with Crippen molar-refractivity contribution in [2.45, 2.75) is 105 Å². The second kappa shape index (κ2) is 31.2. The average molecular weight is 1020 g/mol. The Kier molecular flexibility index (Phi) is 24.6. The summed E-state index contributed by atoms with van der Waals surface area (Å²) in [6.45, 7) is 3.82. The number of hydrogen-bond acceptors (Lipinski definition) is 20. The molecule has 0 bridgehead atoms. The van der Waals surface area contributed by atoms with Crippen LogP contribution < -0.4 is 0 Å². The maximum Gasteiger partial charge on any atom is 0.549 e. The number of unbranched alkanes of at least 4 members (excludes halogenated alkanes) is 4. The topological polar surface area (TPSA) is 247 Å². The van der Waals surface area contributed by atoms with Crippen molar-refractivity contribution < 1.29 is 96.4 Å². The van der Waals surface area contributed by atoms with Gasteiger partial charge in [-0.2, -0.15) is 19.2 Å². The third kappa shape index (κ3) is 21.0. The van der Waals surface area contributed by atoms with E-state index in [2.05, 4.69) is 39.1 Å². The zero-order chi connectivity index (χ0) is 52.9. The predicted molar refractivity (Wildman–Crippen MR) is 254 cm³/mol. The molecule has 20 heteroatoms. The first-order valence-corrected chi connectivity index (χ1v) is 23.8. The van der Waals surface area contributed by atoms with Crippen LogP contribution in [0.3, 0.4) is 0 Å². The molecule has 0 N–H and O–H groups in total. The van der Waals surface area contributed by atoms with Crippen LogP contribution in [0.1, 0.15) is 143 Å². The van der Waals surface area contributed by atoms with Crippen LogP contribution in [-0.2, 0) is 83.7 Å². The Morgan fingerprint density at radius 2 is 0.493 bits per heavy atom. The summed E-state index contributed by atoms with van der Waals surface area (Å²) in [7, 11) is 0. The standard InChI is InChI=1S/C53H60O20/c1-5-9-13-37-17-25-41(26-18-37)45(54)66-70-49(58)62-33-53(34-63-50(59)71-67-46(55)42-27-19-38(20-28-42)14-10-6-2,35-64-51(60)72-68-47(56)43-29-21-39(22-30-43)15-11-7-3)36-65-52(61)73-69-48(57)44-31-23-40(24-32-44)16-12-8-4/h17-32H,5-16,33-36H2,1-4H3. The first-order valence-electron chi connectivity index (χ1n) is 23.8. The van der Waals surface area contributed by atoms with Crippen molar-refractivity contribution in [2.75, 3.05) is 26.4 Å². The van der Waals surface area contributed by atoms with E-state index in [0.29, 0.717) is 0 Å². The molecule has 73 heavy (non-hydrogen) atoms. The van der Waals surface area contributed by atoms with Crippen molar-refractivity contribution in [3.8, 4) is 0 Å². The lowest BCUT2D eigenvalue weighted by Crippen LogP contribution is -2.44. The van der Waals surface area contributed by atoms with Gasteiger partial charge in [0.05, 0.1) is 22.3 Å². The van der Waals surface area contributed by atoms with Gasteiger partial charge in [0, 0.05) is 0 Å². The van der Waals surface area contributed by atoms with E-state index in [9.17, 15) is 38.4 Å². The fourth-order valence-electron chi connectivity index (χ4n) is 6.43. The van der Waals surface area contributed by atoms with Gasteiger partial charge >= 0.3 is 48.5 Å². The molecule has 392 valence electrons. The molecule has 0 unspecified atom stereocenters. The molecule has 0 atom stereocenters. The van der Waals surface area contributed by atoms with E-state index < -0.39 is 80.3 Å². The van der Waals surface area contributed by atoms with Crippen molar-refractivity contribution in [1.29, 1.82) is 0 Å². The van der Waals surface area contributed by atoms with Gasteiger partial charge in [0.25, 0.3) is 0 Å². The smallest absolute Gasteiger partial charge is 0.431 e. The van der Waals surface area contributed by atoms with E-state index in [1.807, 2.05) is 27.7 Å². The number of aryl methyl sites for hydroxylation is 4. The molecule has 4 rings (SSSR count). The number of carbonyl (C=O) groups is 8. The molecule has 0 fully saturated rings. The van der Waals surface area contributed by atoms with E-state index in [-0.39, 0.29) is 22.3 Å². The lowest BCUT2D eigenvalue weighted by Gasteiger charge is -2.30. The van der Waals surface area contributed by atoms with Gasteiger partial charge in [-0.25, -0.2) is 58.3 Å². The largest absolute Gasteiger partial charge is 0.549 e. The first-order chi connectivity index (χ1) is 35.3. The highest BCUT2D eigenvalue weighted by Gasteiger charge is 2.40. The Balaban J connectivity index is 1.50. The van der Waals surface area contributed by atoms with Gasteiger partial charge in [-0.1, -0.05) is 102 Å². The third-order valence-electron chi connectivity index (χ3n) is 10.8. The van der Waals surface area contributed by atoms with Crippen LogP contribution in [0.4, 0.5) is 19.2 Å². The minimum Gasteiger partial charge on any atom is -0.431 e. The Morgan fingerprint density at radius 3 is 0.671 bits per heavy atom. The number of hydrogen-bond donors (Lipinski definition) is 0. The molecular formula is C53H60O20. The van der Waals surface area contributed by atoms with E-state index in [0.717, 1.165) is 99.3 Å². The summed E-state index contributed by atoms with van der Waals surface area (Å²) in [6, 6.07) is 25.3. The van der Waals surface area contributed by atoms with E-state index >= 15 is 0 Å². The van der Waals surface area contributed by atoms with Crippen LogP contribution in [0.5, 0.6) is 0 Å². The van der Waals surface area contributed by atoms with Crippen molar-refractivity contribution in [2.24, 2.45) is 5.41 Å². The number of rotatable bonds is 24. The summed E-state index contributed by atoms with van der Waals surface area (Å²) in [6.07, 6.45) is 3.94. The quantitative estimate of drug-likeness (QED) is 0.0274. The molecule has 4 aromatic rings. The summed E-state index contributed by atoms with van der Waals surface area (Å²) in [5.74, 6) is -4.34. The van der Waals surface area contributed by atoms with Crippen molar-refractivity contribution in [1.82, 2.24) is 0 Å². The highest BCUT2D eigenvalue weighted by atomic mass is 17.3. The first kappa shape index (κ1) is 57.4. The highest BCUT2D eigenvalue weighted by Crippen LogP contribution is 2.24. The number of benzene rings is 4. The molecular weight excluding hydrogens is 957 g/mol. The molecule has 0 radical (unpaired) electrons. The molecule has 0 amide bonds. The van der Waals surface area contributed by atoms with Crippen LogP contribution in [0.15, 0.2) is 97.1 Å². The van der Waals surface area contributed by atoms with Gasteiger partial charge in [0.1, 0.15) is 31.8 Å². The normalized spacial score (nSPS) is 10.7. The SMILES string of the molecule is CCCCc1ccc(C(=O)OOC(=O)OCC(COC(=O)OOC(=O)c2ccc(CCCC)cc2)(COC(=O)OOC(=O)c2ccc(CCCC)cc2)COC(=O)OOC(=O)c2ccc(CCCC)cc2)cc1. The molecule has 4 aromatic carbocycles. The Hall–Kier alpha value is -8.16. The average Bonchev–Trinajstić information content (AvgIpc) is 3.42. The summed E-state index contributed by atoms with van der Waals surface area (Å²) in [5, 5.41) is 0. The van der Waals surface area contributed by atoms with Gasteiger partial charge in [0.2, 0.25) is 0 Å². The minimum absolute atomic E-state index is 0.0206. The highest BCUT2D eigenvalue weighted by molar-refractivity contribution is 5.91. The zero-order valence-electron chi connectivity index (χ0n) is 41.2. The number of ether oxygens (including phenoxy) is 4. The molecule has 0 aliphatic carbocycles. The minimum atomic E-state index is -2.23. The Morgan fingerprint density at radius 1 is 0.301 bits per heavy atom. The lowest BCUT2D eigenvalue weighted by atomic mass is 9.92. The summed E-state index contributed by atoms with van der Waals surface area (Å²) >= 11 is 0. The fraction of sp³-hybridized carbons (Fsp3) is 0.396. The van der Waals surface area contributed by atoms with Gasteiger partial charge in [0.15, 0.2) is 0 Å². The second-order valence-corrected chi connectivity index (χ2v) is 16.7. The molecule has 0 saturated carbocycles. The summed E-state index contributed by atoms with van der Waals surface area (Å²) in [5.41, 5.74) is 1.68. The molecule has 0 aliphatic heterocycles. The zero-order valence-corrected chi connectivity index (χ0v) is 41.2. The van der Waals surface area contributed by atoms with Crippen molar-refractivity contribution in [3.05, 3.63) is 142 Å². The Labute approximate surface area is 422 Å². The molecule has 0 heterocycles. The van der Waals surface area contributed by atoms with Gasteiger partial charge in [-0.3, -0.25) is 0 Å². The van der Waals surface area contributed by atoms with Crippen molar-refractivity contribution >= 4 is 48.5 Å². The lowest BCUT2D eigenvalue weighted by molar-refractivity contribution is -0.223. The molecule has 0 aliphatic rings. The maximum absolute atomic E-state index is 12.9. The molecule has 0 aromatic heterocycles. The van der Waals surface area contributed by atoms with Gasteiger partial charge in [-0.15, -0.1) is 0 Å². The summed E-state index contributed by atoms with van der Waals surface area (Å²) < 4.78 is 20.5.